The highest BCUT2D eigenvalue weighted by molar-refractivity contribution is 5.40. The molecule has 124 valence electrons. The maximum Gasteiger partial charge on any atom is 0.258 e. The van der Waals surface area contributed by atoms with Crippen molar-refractivity contribution >= 4 is 0 Å². The number of nitrogens with zero attached hydrogens (tertiary/aromatic N) is 2. The zero-order chi connectivity index (χ0) is 17.8. The van der Waals surface area contributed by atoms with E-state index in [2.05, 4.69) is 0 Å². The number of benzene rings is 2. The summed E-state index contributed by atoms with van der Waals surface area (Å²) in [7, 11) is 0. The molecule has 0 unspecified atom stereocenters. The van der Waals surface area contributed by atoms with E-state index >= 15 is 0 Å². The summed E-state index contributed by atoms with van der Waals surface area (Å²) in [5.74, 6) is -1.09. The van der Waals surface area contributed by atoms with E-state index in [0.29, 0.717) is 11.3 Å². The maximum absolute atomic E-state index is 13.6. The highest BCUT2D eigenvalue weighted by atomic mass is 19.1. The van der Waals surface area contributed by atoms with E-state index < -0.39 is 11.6 Å². The minimum Gasteiger partial charge on any atom is -0.489 e. The van der Waals surface area contributed by atoms with Crippen LogP contribution in [0.1, 0.15) is 11.1 Å². The standard InChI is InChI=1S/C19H12F2N2O2/c20-15-4-3-14(18(21)9-15)12-25-17-7-8-23(19(24)10-17)16-5-1-13(11-22)2-6-16/h1-10H,12H2. The van der Waals surface area contributed by atoms with Gasteiger partial charge in [-0.25, -0.2) is 8.78 Å². The van der Waals surface area contributed by atoms with Crippen LogP contribution in [-0.4, -0.2) is 4.57 Å². The van der Waals surface area contributed by atoms with Crippen LogP contribution in [-0.2, 0) is 6.61 Å². The van der Waals surface area contributed by atoms with Crippen molar-refractivity contribution in [2.75, 3.05) is 0 Å². The first-order valence-electron chi connectivity index (χ1n) is 7.37. The molecule has 3 rings (SSSR count). The van der Waals surface area contributed by atoms with Crippen LogP contribution in [0.2, 0.25) is 0 Å². The Kier molecular flexibility index (Phi) is 4.57. The smallest absolute Gasteiger partial charge is 0.258 e. The van der Waals surface area contributed by atoms with Crippen molar-refractivity contribution in [3.05, 3.63) is 93.9 Å². The van der Waals surface area contributed by atoms with Crippen LogP contribution in [0.25, 0.3) is 5.69 Å². The molecule has 0 saturated carbocycles. The average Bonchev–Trinajstić information content (AvgIpc) is 2.61. The SMILES string of the molecule is N#Cc1ccc(-n2ccc(OCc3ccc(F)cc3F)cc2=O)cc1. The van der Waals surface area contributed by atoms with Gasteiger partial charge in [0.2, 0.25) is 0 Å². The topological polar surface area (TPSA) is 55.0 Å². The van der Waals surface area contributed by atoms with Crippen molar-refractivity contribution in [1.29, 1.82) is 5.26 Å². The number of rotatable bonds is 4. The van der Waals surface area contributed by atoms with Crippen LogP contribution in [0.5, 0.6) is 5.75 Å². The van der Waals surface area contributed by atoms with E-state index in [1.807, 2.05) is 6.07 Å². The van der Waals surface area contributed by atoms with Gasteiger partial charge in [0.15, 0.2) is 0 Å². The molecule has 0 aliphatic carbocycles. The van der Waals surface area contributed by atoms with Gasteiger partial charge < -0.3 is 4.74 Å². The molecule has 0 fully saturated rings. The van der Waals surface area contributed by atoms with Gasteiger partial charge in [0.1, 0.15) is 24.0 Å². The number of hydrogen-bond donors (Lipinski definition) is 0. The molecule has 0 radical (unpaired) electrons. The first kappa shape index (κ1) is 16.4. The molecule has 1 heterocycles. The predicted molar refractivity (Wildman–Crippen MR) is 87.4 cm³/mol. The van der Waals surface area contributed by atoms with Crippen LogP contribution >= 0.6 is 0 Å². The lowest BCUT2D eigenvalue weighted by Gasteiger charge is -2.09. The zero-order valence-corrected chi connectivity index (χ0v) is 12.9. The van der Waals surface area contributed by atoms with Crippen LogP contribution in [0.15, 0.2) is 65.6 Å². The Labute approximate surface area is 142 Å². The molecule has 0 bridgehead atoms. The summed E-state index contributed by atoms with van der Waals surface area (Å²) in [5, 5.41) is 8.80. The van der Waals surface area contributed by atoms with Crippen molar-refractivity contribution in [3.8, 4) is 17.5 Å². The Morgan fingerprint density at radius 2 is 1.80 bits per heavy atom. The second kappa shape index (κ2) is 6.97. The summed E-state index contributed by atoms with van der Waals surface area (Å²) in [5.41, 5.74) is 0.970. The van der Waals surface area contributed by atoms with Crippen molar-refractivity contribution in [1.82, 2.24) is 4.57 Å². The molecule has 0 aliphatic heterocycles. The monoisotopic (exact) mass is 338 g/mol. The molecule has 6 heteroatoms. The molecule has 0 N–H and O–H groups in total. The van der Waals surface area contributed by atoms with Gasteiger partial charge in [0.25, 0.3) is 5.56 Å². The Bertz CT molecular complexity index is 1010. The molecule has 1 aromatic heterocycles. The van der Waals surface area contributed by atoms with Crippen LogP contribution < -0.4 is 10.3 Å². The van der Waals surface area contributed by atoms with Crippen molar-refractivity contribution in [2.24, 2.45) is 0 Å². The van der Waals surface area contributed by atoms with Gasteiger partial charge in [-0.1, -0.05) is 0 Å². The van der Waals surface area contributed by atoms with Crippen molar-refractivity contribution < 1.29 is 13.5 Å². The Balaban J connectivity index is 1.77. The van der Waals surface area contributed by atoms with Gasteiger partial charge in [0.05, 0.1) is 11.6 Å². The average molecular weight is 338 g/mol. The summed E-state index contributed by atoms with van der Waals surface area (Å²) >= 11 is 0. The third kappa shape index (κ3) is 3.72. The van der Waals surface area contributed by atoms with E-state index in [9.17, 15) is 13.6 Å². The van der Waals surface area contributed by atoms with Gasteiger partial charge >= 0.3 is 0 Å². The van der Waals surface area contributed by atoms with Gasteiger partial charge in [-0.3, -0.25) is 9.36 Å². The highest BCUT2D eigenvalue weighted by Crippen LogP contribution is 2.15. The second-order valence-corrected chi connectivity index (χ2v) is 5.25. The summed E-state index contributed by atoms with van der Waals surface area (Å²) < 4.78 is 33.2. The minimum atomic E-state index is -0.703. The third-order valence-corrected chi connectivity index (χ3v) is 3.58. The van der Waals surface area contributed by atoms with Crippen LogP contribution in [0, 0.1) is 23.0 Å². The number of aromatic nitrogens is 1. The van der Waals surface area contributed by atoms with Crippen LogP contribution in [0.4, 0.5) is 8.78 Å². The molecule has 3 aromatic rings. The fourth-order valence-corrected chi connectivity index (χ4v) is 2.26. The lowest BCUT2D eigenvalue weighted by Crippen LogP contribution is -2.16. The molecule has 0 spiro atoms. The normalized spacial score (nSPS) is 10.3. The van der Waals surface area contributed by atoms with E-state index in [0.717, 1.165) is 12.1 Å². The summed E-state index contributed by atoms with van der Waals surface area (Å²) in [6.07, 6.45) is 1.53. The minimum absolute atomic E-state index is 0.119. The first-order valence-corrected chi connectivity index (χ1v) is 7.37. The molecule has 0 saturated heterocycles. The third-order valence-electron chi connectivity index (χ3n) is 3.58. The van der Waals surface area contributed by atoms with E-state index in [1.54, 1.807) is 30.3 Å². The Hall–Kier alpha value is -3.46. The fourth-order valence-electron chi connectivity index (χ4n) is 2.26. The number of halogens is 2. The molecule has 0 atom stereocenters. The second-order valence-electron chi connectivity index (χ2n) is 5.25. The van der Waals surface area contributed by atoms with E-state index in [1.165, 1.54) is 22.9 Å². The van der Waals surface area contributed by atoms with Gasteiger partial charge in [0, 0.05) is 29.6 Å². The highest BCUT2D eigenvalue weighted by Gasteiger charge is 2.06. The lowest BCUT2D eigenvalue weighted by molar-refractivity contribution is 0.298. The van der Waals surface area contributed by atoms with Gasteiger partial charge in [-0.05, 0) is 42.5 Å². The fraction of sp³-hybridized carbons (Fsp3) is 0.0526. The van der Waals surface area contributed by atoms with Gasteiger partial charge in [-0.15, -0.1) is 0 Å². The lowest BCUT2D eigenvalue weighted by atomic mass is 10.2. The number of hydrogen-bond acceptors (Lipinski definition) is 3. The van der Waals surface area contributed by atoms with Gasteiger partial charge in [-0.2, -0.15) is 5.26 Å². The summed E-state index contributed by atoms with van der Waals surface area (Å²) in [6, 6.07) is 14.6. The molecule has 4 nitrogen and oxygen atoms in total. The van der Waals surface area contributed by atoms with Crippen LogP contribution in [0.3, 0.4) is 0 Å². The molecule has 0 amide bonds. The molecular formula is C19H12F2N2O2. The quantitative estimate of drug-likeness (QED) is 0.731. The largest absolute Gasteiger partial charge is 0.489 e. The molecular weight excluding hydrogens is 326 g/mol. The molecule has 2 aromatic carbocycles. The first-order chi connectivity index (χ1) is 12.1. The number of nitriles is 1. The predicted octanol–water partition coefficient (Wildman–Crippen LogP) is 3.57. The summed E-state index contributed by atoms with van der Waals surface area (Å²) in [4.78, 5) is 12.2. The zero-order valence-electron chi connectivity index (χ0n) is 12.9. The maximum atomic E-state index is 13.6. The Morgan fingerprint density at radius 1 is 1.04 bits per heavy atom. The van der Waals surface area contributed by atoms with E-state index in [4.69, 9.17) is 10.00 Å². The molecule has 0 aliphatic rings. The summed E-state index contributed by atoms with van der Waals surface area (Å²) in [6.45, 7) is -0.119. The number of ether oxygens (including phenoxy) is 1. The van der Waals surface area contributed by atoms with Crippen molar-refractivity contribution in [3.63, 3.8) is 0 Å². The number of pyridine rings is 1. The Morgan fingerprint density at radius 3 is 2.44 bits per heavy atom. The molecule has 25 heavy (non-hydrogen) atoms. The van der Waals surface area contributed by atoms with Crippen molar-refractivity contribution in [2.45, 2.75) is 6.61 Å². The van der Waals surface area contributed by atoms with E-state index in [-0.39, 0.29) is 23.5 Å².